The zero-order valence-electron chi connectivity index (χ0n) is 17.6. The number of hydrogen-bond acceptors (Lipinski definition) is 3. The summed E-state index contributed by atoms with van der Waals surface area (Å²) >= 11 is 0. The molecule has 0 aliphatic heterocycles. The molecule has 0 unspecified atom stereocenters. The Kier molecular flexibility index (Phi) is 6.03. The van der Waals surface area contributed by atoms with Crippen molar-refractivity contribution in [2.75, 3.05) is 11.9 Å². The van der Waals surface area contributed by atoms with Crippen LogP contribution in [0.1, 0.15) is 18.2 Å². The average molecular weight is 415 g/mol. The third-order valence-electron chi connectivity index (χ3n) is 4.86. The quantitative estimate of drug-likeness (QED) is 0.460. The Morgan fingerprint density at radius 3 is 2.39 bits per heavy atom. The molecule has 0 atom stereocenters. The fourth-order valence-corrected chi connectivity index (χ4v) is 3.39. The van der Waals surface area contributed by atoms with Crippen LogP contribution in [0.4, 0.5) is 10.5 Å². The van der Waals surface area contributed by atoms with Crippen LogP contribution in [0.3, 0.4) is 0 Å². The van der Waals surface area contributed by atoms with Gasteiger partial charge in [0.15, 0.2) is 0 Å². The summed E-state index contributed by atoms with van der Waals surface area (Å²) in [6.45, 7) is 4.83. The molecule has 4 rings (SSSR count). The van der Waals surface area contributed by atoms with Crippen LogP contribution >= 0.6 is 0 Å². The number of hydrogen-bond donors (Lipinski definition) is 2. The van der Waals surface area contributed by atoms with Gasteiger partial charge in [-0.15, -0.1) is 0 Å². The Balaban J connectivity index is 1.53. The van der Waals surface area contributed by atoms with E-state index < -0.39 is 0 Å². The highest BCUT2D eigenvalue weighted by Crippen LogP contribution is 2.23. The minimum Gasteiger partial charge on any atom is -0.494 e. The molecule has 0 aliphatic rings. The highest BCUT2D eigenvalue weighted by molar-refractivity contribution is 5.89. The fourth-order valence-electron chi connectivity index (χ4n) is 3.39. The standard InChI is InChI=1S/C24H25N5O2/c1-3-31-21-13-11-19(12-14-21)26-24(30)25-17-22-18(2)27-29(20-9-5-4-6-10-20)23(22)28-15-7-8-16-28/h4-16H,3,17H2,1-2H3,(H2,25,26,30). The van der Waals surface area contributed by atoms with Crippen LogP contribution in [0, 0.1) is 6.92 Å². The molecule has 0 spiro atoms. The van der Waals surface area contributed by atoms with Crippen molar-refractivity contribution >= 4 is 11.7 Å². The first kappa shape index (κ1) is 20.3. The van der Waals surface area contributed by atoms with Crippen molar-refractivity contribution in [1.82, 2.24) is 19.7 Å². The van der Waals surface area contributed by atoms with Gasteiger partial charge in [-0.05, 0) is 62.4 Å². The van der Waals surface area contributed by atoms with Crippen LogP contribution in [0.5, 0.6) is 5.75 Å². The van der Waals surface area contributed by atoms with E-state index in [0.29, 0.717) is 18.8 Å². The van der Waals surface area contributed by atoms with Crippen LogP contribution in [-0.4, -0.2) is 27.0 Å². The van der Waals surface area contributed by atoms with Crippen LogP contribution in [0.2, 0.25) is 0 Å². The first-order valence-corrected chi connectivity index (χ1v) is 10.2. The molecule has 0 saturated carbocycles. The lowest BCUT2D eigenvalue weighted by molar-refractivity contribution is 0.251. The summed E-state index contributed by atoms with van der Waals surface area (Å²) in [5, 5.41) is 10.5. The van der Waals surface area contributed by atoms with Gasteiger partial charge in [0, 0.05) is 23.6 Å². The summed E-state index contributed by atoms with van der Waals surface area (Å²) in [5.41, 5.74) is 3.46. The Morgan fingerprint density at radius 1 is 1.00 bits per heavy atom. The largest absolute Gasteiger partial charge is 0.494 e. The molecule has 7 heteroatoms. The number of anilines is 1. The number of aromatic nitrogens is 3. The number of amides is 2. The Hall–Kier alpha value is -4.00. The molecule has 0 radical (unpaired) electrons. The predicted molar refractivity (Wildman–Crippen MR) is 121 cm³/mol. The Morgan fingerprint density at radius 2 is 1.71 bits per heavy atom. The van der Waals surface area contributed by atoms with Crippen molar-refractivity contribution in [2.24, 2.45) is 0 Å². The van der Waals surface area contributed by atoms with E-state index in [1.165, 1.54) is 0 Å². The normalized spacial score (nSPS) is 10.6. The average Bonchev–Trinajstić information content (AvgIpc) is 3.42. The molecule has 2 aromatic carbocycles. The van der Waals surface area contributed by atoms with Crippen LogP contribution in [-0.2, 0) is 6.54 Å². The second-order valence-corrected chi connectivity index (χ2v) is 6.99. The monoisotopic (exact) mass is 415 g/mol. The van der Waals surface area contributed by atoms with E-state index in [-0.39, 0.29) is 6.03 Å². The number of carbonyl (C=O) groups is 1. The van der Waals surface area contributed by atoms with Crippen LogP contribution in [0.15, 0.2) is 79.1 Å². The molecule has 2 amide bonds. The number of benzene rings is 2. The summed E-state index contributed by atoms with van der Waals surface area (Å²) < 4.78 is 9.34. The van der Waals surface area contributed by atoms with E-state index in [4.69, 9.17) is 9.84 Å². The second kappa shape index (κ2) is 9.21. The zero-order chi connectivity index (χ0) is 21.6. The van der Waals surface area contributed by atoms with E-state index in [1.54, 1.807) is 0 Å². The highest BCUT2D eigenvalue weighted by Gasteiger charge is 2.18. The van der Waals surface area contributed by atoms with E-state index in [9.17, 15) is 4.79 Å². The molecular weight excluding hydrogens is 390 g/mol. The summed E-state index contributed by atoms with van der Waals surface area (Å²) in [6, 6.07) is 20.9. The highest BCUT2D eigenvalue weighted by atomic mass is 16.5. The number of aryl methyl sites for hydroxylation is 1. The predicted octanol–water partition coefficient (Wildman–Crippen LogP) is 4.69. The number of nitrogens with one attached hydrogen (secondary N) is 2. The molecule has 2 aromatic heterocycles. The lowest BCUT2D eigenvalue weighted by Crippen LogP contribution is -2.28. The van der Waals surface area contributed by atoms with Gasteiger partial charge in [-0.2, -0.15) is 5.10 Å². The number of carbonyl (C=O) groups excluding carboxylic acids is 1. The van der Waals surface area contributed by atoms with Crippen molar-refractivity contribution in [3.63, 3.8) is 0 Å². The van der Waals surface area contributed by atoms with Crippen molar-refractivity contribution in [3.05, 3.63) is 90.4 Å². The van der Waals surface area contributed by atoms with Gasteiger partial charge in [0.1, 0.15) is 11.6 Å². The van der Waals surface area contributed by atoms with E-state index in [2.05, 4.69) is 10.6 Å². The first-order valence-electron chi connectivity index (χ1n) is 10.2. The lowest BCUT2D eigenvalue weighted by Gasteiger charge is -2.12. The number of rotatable bonds is 7. The lowest BCUT2D eigenvalue weighted by atomic mass is 10.2. The topological polar surface area (TPSA) is 73.1 Å². The van der Waals surface area contributed by atoms with Crippen LogP contribution < -0.4 is 15.4 Å². The maximum atomic E-state index is 12.5. The van der Waals surface area contributed by atoms with Gasteiger partial charge in [0.25, 0.3) is 0 Å². The summed E-state index contributed by atoms with van der Waals surface area (Å²) in [6.07, 6.45) is 3.94. The molecule has 2 heterocycles. The number of para-hydroxylation sites is 1. The molecule has 7 nitrogen and oxygen atoms in total. The molecule has 0 bridgehead atoms. The Labute approximate surface area is 181 Å². The fraction of sp³-hybridized carbons (Fsp3) is 0.167. The zero-order valence-corrected chi connectivity index (χ0v) is 17.6. The van der Waals surface area contributed by atoms with Crippen molar-refractivity contribution in [3.8, 4) is 17.3 Å². The van der Waals surface area contributed by atoms with Crippen LogP contribution in [0.25, 0.3) is 11.5 Å². The molecular formula is C24H25N5O2. The van der Waals surface area contributed by atoms with Gasteiger partial charge >= 0.3 is 6.03 Å². The number of nitrogens with zero attached hydrogens (tertiary/aromatic N) is 3. The third-order valence-corrected chi connectivity index (χ3v) is 4.86. The Bertz CT molecular complexity index is 1130. The summed E-state index contributed by atoms with van der Waals surface area (Å²) in [4.78, 5) is 12.5. The molecule has 158 valence electrons. The van der Waals surface area contributed by atoms with E-state index in [0.717, 1.165) is 28.5 Å². The minimum atomic E-state index is -0.283. The van der Waals surface area contributed by atoms with Gasteiger partial charge < -0.3 is 19.9 Å². The van der Waals surface area contributed by atoms with Gasteiger partial charge in [0.2, 0.25) is 0 Å². The summed E-state index contributed by atoms with van der Waals surface area (Å²) in [7, 11) is 0. The molecule has 4 aromatic rings. The second-order valence-electron chi connectivity index (χ2n) is 6.99. The maximum Gasteiger partial charge on any atom is 0.319 e. The SMILES string of the molecule is CCOc1ccc(NC(=O)NCc2c(C)nn(-c3ccccc3)c2-n2cccc2)cc1. The molecule has 2 N–H and O–H groups in total. The number of ether oxygens (including phenoxy) is 1. The van der Waals surface area contributed by atoms with E-state index >= 15 is 0 Å². The molecule has 0 saturated heterocycles. The van der Waals surface area contributed by atoms with Gasteiger partial charge in [-0.3, -0.25) is 0 Å². The van der Waals surface area contributed by atoms with E-state index in [1.807, 2.05) is 102 Å². The van der Waals surface area contributed by atoms with Gasteiger partial charge in [-0.25, -0.2) is 9.48 Å². The molecule has 0 fully saturated rings. The third kappa shape index (κ3) is 4.61. The maximum absolute atomic E-state index is 12.5. The molecule has 31 heavy (non-hydrogen) atoms. The number of urea groups is 1. The van der Waals surface area contributed by atoms with Crippen molar-refractivity contribution < 1.29 is 9.53 Å². The summed E-state index contributed by atoms with van der Waals surface area (Å²) in [5.74, 6) is 1.67. The minimum absolute atomic E-state index is 0.283. The molecule has 0 aliphatic carbocycles. The van der Waals surface area contributed by atoms with Crippen molar-refractivity contribution in [2.45, 2.75) is 20.4 Å². The first-order chi connectivity index (χ1) is 15.2. The van der Waals surface area contributed by atoms with Crippen molar-refractivity contribution in [1.29, 1.82) is 0 Å². The van der Waals surface area contributed by atoms with Gasteiger partial charge in [0.05, 0.1) is 24.5 Å². The van der Waals surface area contributed by atoms with Gasteiger partial charge in [-0.1, -0.05) is 18.2 Å². The smallest absolute Gasteiger partial charge is 0.319 e.